The first kappa shape index (κ1) is 8.81. The molecule has 2 N–H and O–H groups in total. The van der Waals surface area contributed by atoms with Crippen molar-refractivity contribution in [2.24, 2.45) is 0 Å². The van der Waals surface area contributed by atoms with Crippen molar-refractivity contribution in [1.82, 2.24) is 4.98 Å². The molecule has 2 rings (SSSR count). The smallest absolute Gasteiger partial charge is 0.189 e. The Morgan fingerprint density at radius 3 is 2.86 bits per heavy atom. The van der Waals surface area contributed by atoms with Gasteiger partial charge in [0.15, 0.2) is 5.43 Å². The number of fused-ring (bicyclic) bond motifs is 1. The Labute approximate surface area is 81.0 Å². The minimum atomic E-state index is -0.00407. The lowest BCUT2D eigenvalue weighted by Crippen LogP contribution is -2.04. The first-order chi connectivity index (χ1) is 6.70. The first-order valence-electron chi connectivity index (χ1n) is 4.55. The summed E-state index contributed by atoms with van der Waals surface area (Å²) in [6, 6.07) is 6.31. The van der Waals surface area contributed by atoms with E-state index in [1.807, 2.05) is 6.92 Å². The van der Waals surface area contributed by atoms with Crippen molar-refractivity contribution in [3.05, 3.63) is 40.2 Å². The number of aromatic nitrogens is 1. The van der Waals surface area contributed by atoms with E-state index in [0.29, 0.717) is 10.9 Å². The molecule has 2 aromatic rings. The normalized spacial score (nSPS) is 10.6. The van der Waals surface area contributed by atoms with E-state index in [0.717, 1.165) is 12.1 Å². The van der Waals surface area contributed by atoms with Crippen LogP contribution in [0, 0.1) is 0 Å². The van der Waals surface area contributed by atoms with E-state index in [1.165, 1.54) is 6.07 Å². The van der Waals surface area contributed by atoms with Crippen LogP contribution in [0.2, 0.25) is 0 Å². The molecule has 0 aliphatic heterocycles. The first-order valence-corrected chi connectivity index (χ1v) is 4.55. The van der Waals surface area contributed by atoms with E-state index in [4.69, 9.17) is 0 Å². The van der Waals surface area contributed by atoms with Gasteiger partial charge in [-0.25, -0.2) is 0 Å². The number of aromatic amines is 1. The summed E-state index contributed by atoms with van der Waals surface area (Å²) in [5.74, 6) is 0.168. The lowest BCUT2D eigenvalue weighted by molar-refractivity contribution is 0.476. The maximum absolute atomic E-state index is 11.6. The van der Waals surface area contributed by atoms with Crippen molar-refractivity contribution in [3.63, 3.8) is 0 Å². The monoisotopic (exact) mass is 189 g/mol. The second-order valence-electron chi connectivity index (χ2n) is 3.24. The molecule has 1 heterocycles. The minimum Gasteiger partial charge on any atom is -0.508 e. The molecule has 0 aliphatic rings. The third-order valence-electron chi connectivity index (χ3n) is 2.25. The highest BCUT2D eigenvalue weighted by atomic mass is 16.3. The number of hydrogen-bond acceptors (Lipinski definition) is 2. The maximum atomic E-state index is 11.6. The molecule has 3 heteroatoms. The van der Waals surface area contributed by atoms with Gasteiger partial charge < -0.3 is 10.1 Å². The molecule has 72 valence electrons. The molecule has 0 saturated carbocycles. The summed E-state index contributed by atoms with van der Waals surface area (Å²) in [7, 11) is 0. The largest absolute Gasteiger partial charge is 0.508 e. The van der Waals surface area contributed by atoms with E-state index < -0.39 is 0 Å². The predicted molar refractivity (Wildman–Crippen MR) is 55.6 cm³/mol. The highest BCUT2D eigenvalue weighted by Crippen LogP contribution is 2.15. The Hall–Kier alpha value is -1.77. The van der Waals surface area contributed by atoms with Gasteiger partial charge in [-0.05, 0) is 18.6 Å². The summed E-state index contributed by atoms with van der Waals surface area (Å²) in [6.45, 7) is 1.97. The van der Waals surface area contributed by atoms with Crippen molar-refractivity contribution < 1.29 is 5.11 Å². The number of hydrogen-bond donors (Lipinski definition) is 2. The number of benzene rings is 1. The summed E-state index contributed by atoms with van der Waals surface area (Å²) in [6.07, 6.45) is 0.779. The fraction of sp³-hybridized carbons (Fsp3) is 0.182. The van der Waals surface area contributed by atoms with Crippen molar-refractivity contribution in [2.45, 2.75) is 13.3 Å². The van der Waals surface area contributed by atoms with Crippen molar-refractivity contribution in [1.29, 1.82) is 0 Å². The molecule has 0 bridgehead atoms. The van der Waals surface area contributed by atoms with E-state index in [-0.39, 0.29) is 11.2 Å². The zero-order valence-corrected chi connectivity index (χ0v) is 7.87. The topological polar surface area (TPSA) is 53.1 Å². The van der Waals surface area contributed by atoms with Crippen LogP contribution in [0.3, 0.4) is 0 Å². The fourth-order valence-electron chi connectivity index (χ4n) is 1.49. The van der Waals surface area contributed by atoms with Crippen LogP contribution in [0.4, 0.5) is 0 Å². The van der Waals surface area contributed by atoms with Gasteiger partial charge >= 0.3 is 0 Å². The van der Waals surface area contributed by atoms with Crippen LogP contribution in [-0.2, 0) is 6.42 Å². The molecule has 0 spiro atoms. The summed E-state index contributed by atoms with van der Waals surface area (Å²) in [4.78, 5) is 14.7. The second-order valence-corrected chi connectivity index (χ2v) is 3.24. The number of rotatable bonds is 1. The molecule has 1 aromatic carbocycles. The molecule has 0 saturated heterocycles. The van der Waals surface area contributed by atoms with Gasteiger partial charge in [-0.1, -0.05) is 6.92 Å². The summed E-state index contributed by atoms with van der Waals surface area (Å²) >= 11 is 0. The van der Waals surface area contributed by atoms with Gasteiger partial charge in [-0.2, -0.15) is 0 Å². The van der Waals surface area contributed by atoms with Crippen LogP contribution in [0.5, 0.6) is 5.75 Å². The van der Waals surface area contributed by atoms with Gasteiger partial charge in [0.2, 0.25) is 0 Å². The Bertz CT molecular complexity index is 528. The van der Waals surface area contributed by atoms with Crippen LogP contribution < -0.4 is 5.43 Å². The van der Waals surface area contributed by atoms with Crippen molar-refractivity contribution in [2.75, 3.05) is 0 Å². The molecule has 0 atom stereocenters. The zero-order valence-electron chi connectivity index (χ0n) is 7.87. The van der Waals surface area contributed by atoms with E-state index in [1.54, 1.807) is 18.2 Å². The summed E-state index contributed by atoms with van der Waals surface area (Å²) in [5.41, 5.74) is 1.57. The van der Waals surface area contributed by atoms with Gasteiger partial charge in [0.1, 0.15) is 5.75 Å². The van der Waals surface area contributed by atoms with Crippen LogP contribution in [0.25, 0.3) is 10.9 Å². The quantitative estimate of drug-likeness (QED) is 0.718. The molecular weight excluding hydrogens is 178 g/mol. The number of nitrogens with one attached hydrogen (secondary N) is 1. The van der Waals surface area contributed by atoms with E-state index in [9.17, 15) is 9.90 Å². The van der Waals surface area contributed by atoms with Crippen LogP contribution in [-0.4, -0.2) is 10.1 Å². The molecule has 0 radical (unpaired) electrons. The number of aryl methyl sites for hydroxylation is 1. The number of phenolic OH excluding ortho intramolecular Hbond substituents is 1. The van der Waals surface area contributed by atoms with Gasteiger partial charge in [0.25, 0.3) is 0 Å². The zero-order chi connectivity index (χ0) is 10.1. The Kier molecular flexibility index (Phi) is 2.00. The van der Waals surface area contributed by atoms with Crippen LogP contribution >= 0.6 is 0 Å². The van der Waals surface area contributed by atoms with Gasteiger partial charge in [0, 0.05) is 23.2 Å². The average molecular weight is 189 g/mol. The van der Waals surface area contributed by atoms with Crippen LogP contribution in [0.15, 0.2) is 29.1 Å². The molecule has 0 fully saturated rings. The molecule has 0 unspecified atom stereocenters. The predicted octanol–water partition coefficient (Wildman–Crippen LogP) is 1.80. The molecule has 3 nitrogen and oxygen atoms in total. The van der Waals surface area contributed by atoms with Crippen LogP contribution in [0.1, 0.15) is 12.6 Å². The Balaban J connectivity index is 2.84. The van der Waals surface area contributed by atoms with Gasteiger partial charge in [-0.15, -0.1) is 0 Å². The van der Waals surface area contributed by atoms with Gasteiger partial charge in [-0.3, -0.25) is 4.79 Å². The molecular formula is C11H11NO2. The highest BCUT2D eigenvalue weighted by Gasteiger charge is 2.01. The lowest BCUT2D eigenvalue weighted by atomic mass is 10.1. The van der Waals surface area contributed by atoms with Crippen molar-refractivity contribution in [3.8, 4) is 5.75 Å². The van der Waals surface area contributed by atoms with E-state index >= 15 is 0 Å². The minimum absolute atomic E-state index is 0.00407. The maximum Gasteiger partial charge on any atom is 0.189 e. The SMILES string of the molecule is CCc1cc(=O)c2ccc(O)cc2[nH]1. The third kappa shape index (κ3) is 1.37. The average Bonchev–Trinajstić information content (AvgIpc) is 2.16. The molecule has 1 aromatic heterocycles. The number of phenols is 1. The molecule has 0 amide bonds. The summed E-state index contributed by atoms with van der Waals surface area (Å²) < 4.78 is 0. The Morgan fingerprint density at radius 2 is 2.14 bits per heavy atom. The third-order valence-corrected chi connectivity index (χ3v) is 2.25. The number of aromatic hydroxyl groups is 1. The number of H-pyrrole nitrogens is 1. The van der Waals surface area contributed by atoms with E-state index in [2.05, 4.69) is 4.98 Å². The standard InChI is InChI=1S/C11H11NO2/c1-2-7-5-11(14)9-4-3-8(13)6-10(9)12-7/h3-6,13H,2H2,1H3,(H,12,14). The summed E-state index contributed by atoms with van der Waals surface area (Å²) in [5, 5.41) is 9.87. The molecule has 0 aliphatic carbocycles. The number of pyridine rings is 1. The van der Waals surface area contributed by atoms with Gasteiger partial charge in [0.05, 0.1) is 5.52 Å². The Morgan fingerprint density at radius 1 is 1.36 bits per heavy atom. The lowest BCUT2D eigenvalue weighted by Gasteiger charge is -2.01. The highest BCUT2D eigenvalue weighted by molar-refractivity contribution is 5.79. The van der Waals surface area contributed by atoms with Crippen molar-refractivity contribution >= 4 is 10.9 Å². The fourth-order valence-corrected chi connectivity index (χ4v) is 1.49. The second kappa shape index (κ2) is 3.18. The molecule has 14 heavy (non-hydrogen) atoms.